The highest BCUT2D eigenvalue weighted by Gasteiger charge is 2.22. The van der Waals surface area contributed by atoms with Crippen molar-refractivity contribution in [3.05, 3.63) is 55.9 Å². The molecule has 0 spiro atoms. The maximum Gasteiger partial charge on any atom is 0.301 e. The summed E-state index contributed by atoms with van der Waals surface area (Å²) in [6.07, 6.45) is 6.88. The Hall–Kier alpha value is -2.77. The number of nitro groups is 2. The zero-order valence-electron chi connectivity index (χ0n) is 11.8. The smallest absolute Gasteiger partial charge is 0.258 e. The molecule has 0 N–H and O–H groups in total. The van der Waals surface area contributed by atoms with Crippen molar-refractivity contribution in [1.82, 2.24) is 9.78 Å². The van der Waals surface area contributed by atoms with Crippen LogP contribution >= 0.6 is 0 Å². The predicted molar refractivity (Wildman–Crippen MR) is 78.1 cm³/mol. The lowest BCUT2D eigenvalue weighted by Crippen LogP contribution is -2.02. The van der Waals surface area contributed by atoms with Gasteiger partial charge in [-0.2, -0.15) is 5.10 Å². The lowest BCUT2D eigenvalue weighted by atomic mass is 10.1. The molecule has 114 valence electrons. The summed E-state index contributed by atoms with van der Waals surface area (Å²) in [5.41, 5.74) is 1.70. The summed E-state index contributed by atoms with van der Waals surface area (Å²) in [6.45, 7) is 0. The standard InChI is InChI=1S/C14H14N4O4/c19-17(20)11-6-7-13(14(8-11)18(21)22)16-9-10-4-2-1-3-5-12(10)15-16/h6-9H,1-5H2. The number of aromatic nitrogens is 2. The van der Waals surface area contributed by atoms with E-state index in [0.29, 0.717) is 0 Å². The van der Waals surface area contributed by atoms with Crippen molar-refractivity contribution < 1.29 is 9.85 Å². The van der Waals surface area contributed by atoms with E-state index in [2.05, 4.69) is 5.10 Å². The van der Waals surface area contributed by atoms with Crippen molar-refractivity contribution in [3.8, 4) is 5.69 Å². The van der Waals surface area contributed by atoms with Crippen LogP contribution in [0, 0.1) is 20.2 Å². The largest absolute Gasteiger partial charge is 0.301 e. The van der Waals surface area contributed by atoms with Crippen molar-refractivity contribution >= 4 is 11.4 Å². The highest BCUT2D eigenvalue weighted by atomic mass is 16.6. The average molecular weight is 302 g/mol. The van der Waals surface area contributed by atoms with E-state index in [1.807, 2.05) is 0 Å². The van der Waals surface area contributed by atoms with E-state index < -0.39 is 9.85 Å². The molecule has 0 atom stereocenters. The highest BCUT2D eigenvalue weighted by Crippen LogP contribution is 2.29. The van der Waals surface area contributed by atoms with Crippen molar-refractivity contribution in [3.63, 3.8) is 0 Å². The molecule has 0 saturated heterocycles. The Balaban J connectivity index is 2.08. The van der Waals surface area contributed by atoms with E-state index in [1.165, 1.54) is 16.8 Å². The number of benzene rings is 1. The van der Waals surface area contributed by atoms with Gasteiger partial charge in [0.05, 0.1) is 21.6 Å². The average Bonchev–Trinajstić information content (AvgIpc) is 2.77. The van der Waals surface area contributed by atoms with Crippen LogP contribution in [0.5, 0.6) is 0 Å². The fourth-order valence-electron chi connectivity index (χ4n) is 2.74. The molecule has 0 saturated carbocycles. The zero-order valence-corrected chi connectivity index (χ0v) is 11.8. The van der Waals surface area contributed by atoms with E-state index in [0.717, 1.165) is 49.4 Å². The van der Waals surface area contributed by atoms with Crippen LogP contribution in [0.4, 0.5) is 11.4 Å². The zero-order chi connectivity index (χ0) is 15.7. The van der Waals surface area contributed by atoms with Gasteiger partial charge in [-0.15, -0.1) is 0 Å². The molecule has 0 unspecified atom stereocenters. The van der Waals surface area contributed by atoms with Crippen molar-refractivity contribution in [2.75, 3.05) is 0 Å². The quantitative estimate of drug-likeness (QED) is 0.492. The van der Waals surface area contributed by atoms with Gasteiger partial charge in [0.2, 0.25) is 0 Å². The number of fused-ring (bicyclic) bond motifs is 1. The molecule has 1 aromatic carbocycles. The summed E-state index contributed by atoms with van der Waals surface area (Å²) >= 11 is 0. The van der Waals surface area contributed by atoms with E-state index in [9.17, 15) is 20.2 Å². The lowest BCUT2D eigenvalue weighted by Gasteiger charge is -2.03. The first-order chi connectivity index (χ1) is 10.6. The van der Waals surface area contributed by atoms with Crippen LogP contribution in [0.2, 0.25) is 0 Å². The van der Waals surface area contributed by atoms with Crippen LogP contribution in [0.3, 0.4) is 0 Å². The van der Waals surface area contributed by atoms with Crippen LogP contribution in [0.1, 0.15) is 30.5 Å². The minimum absolute atomic E-state index is 0.253. The predicted octanol–water partition coefficient (Wildman–Crippen LogP) is 2.96. The van der Waals surface area contributed by atoms with Crippen LogP contribution in [-0.4, -0.2) is 19.6 Å². The Labute approximate surface area is 125 Å². The second-order valence-corrected chi connectivity index (χ2v) is 5.29. The van der Waals surface area contributed by atoms with Crippen LogP contribution in [0.25, 0.3) is 5.69 Å². The van der Waals surface area contributed by atoms with Crippen molar-refractivity contribution in [2.45, 2.75) is 32.1 Å². The highest BCUT2D eigenvalue weighted by molar-refractivity contribution is 5.57. The summed E-state index contributed by atoms with van der Waals surface area (Å²) in [5, 5.41) is 26.4. The van der Waals surface area contributed by atoms with Crippen LogP contribution in [0.15, 0.2) is 24.4 Å². The number of non-ortho nitro benzene ring substituents is 1. The van der Waals surface area contributed by atoms with Gasteiger partial charge in [0.15, 0.2) is 0 Å². The summed E-state index contributed by atoms with van der Waals surface area (Å²) in [5.74, 6) is 0. The molecule has 3 rings (SSSR count). The molecule has 1 aliphatic rings. The van der Waals surface area contributed by atoms with Gasteiger partial charge in [-0.3, -0.25) is 20.2 Å². The number of nitrogens with zero attached hydrogens (tertiary/aromatic N) is 4. The first-order valence-electron chi connectivity index (χ1n) is 7.07. The number of aryl methyl sites for hydroxylation is 2. The van der Waals surface area contributed by atoms with Gasteiger partial charge in [-0.05, 0) is 37.3 Å². The fraction of sp³-hybridized carbons (Fsp3) is 0.357. The van der Waals surface area contributed by atoms with Gasteiger partial charge >= 0.3 is 5.69 Å². The summed E-state index contributed by atoms with van der Waals surface area (Å²) < 4.78 is 1.47. The lowest BCUT2D eigenvalue weighted by molar-refractivity contribution is -0.394. The van der Waals surface area contributed by atoms with Crippen LogP contribution < -0.4 is 0 Å². The summed E-state index contributed by atoms with van der Waals surface area (Å²) in [7, 11) is 0. The molecule has 0 bridgehead atoms. The van der Waals surface area contributed by atoms with Gasteiger partial charge in [-0.1, -0.05) is 6.42 Å². The molecule has 0 fully saturated rings. The monoisotopic (exact) mass is 302 g/mol. The molecular formula is C14H14N4O4. The molecule has 8 heteroatoms. The number of nitro benzene ring substituents is 2. The second-order valence-electron chi connectivity index (χ2n) is 5.29. The summed E-state index contributed by atoms with van der Waals surface area (Å²) in [6, 6.07) is 3.61. The first kappa shape index (κ1) is 14.2. The van der Waals surface area contributed by atoms with E-state index in [4.69, 9.17) is 0 Å². The Morgan fingerprint density at radius 3 is 2.55 bits per heavy atom. The minimum atomic E-state index is -0.644. The molecule has 8 nitrogen and oxygen atoms in total. The molecule has 1 heterocycles. The SMILES string of the molecule is O=[N+]([O-])c1ccc(-n2cc3c(n2)CCCCC3)c([N+](=O)[O-])c1. The molecular weight excluding hydrogens is 288 g/mol. The Kier molecular flexibility index (Phi) is 3.58. The van der Waals surface area contributed by atoms with Crippen LogP contribution in [-0.2, 0) is 12.8 Å². The van der Waals surface area contributed by atoms with Gasteiger partial charge in [0, 0.05) is 12.3 Å². The van der Waals surface area contributed by atoms with Gasteiger partial charge in [0.1, 0.15) is 5.69 Å². The third-order valence-corrected chi connectivity index (χ3v) is 3.85. The molecule has 2 aromatic rings. The van der Waals surface area contributed by atoms with E-state index in [1.54, 1.807) is 6.20 Å². The number of hydrogen-bond donors (Lipinski definition) is 0. The Bertz CT molecular complexity index is 730. The number of hydrogen-bond acceptors (Lipinski definition) is 5. The first-order valence-corrected chi connectivity index (χ1v) is 7.07. The maximum atomic E-state index is 11.2. The molecule has 0 amide bonds. The minimum Gasteiger partial charge on any atom is -0.258 e. The topological polar surface area (TPSA) is 104 Å². The van der Waals surface area contributed by atoms with Crippen molar-refractivity contribution in [1.29, 1.82) is 0 Å². The molecule has 1 aliphatic carbocycles. The normalized spacial score (nSPS) is 14.2. The van der Waals surface area contributed by atoms with Gasteiger partial charge in [0.25, 0.3) is 5.69 Å². The Morgan fingerprint density at radius 1 is 1.05 bits per heavy atom. The Morgan fingerprint density at radius 2 is 1.82 bits per heavy atom. The van der Waals surface area contributed by atoms with Gasteiger partial charge in [-0.25, -0.2) is 4.68 Å². The van der Waals surface area contributed by atoms with Gasteiger partial charge < -0.3 is 0 Å². The molecule has 0 radical (unpaired) electrons. The molecule has 22 heavy (non-hydrogen) atoms. The molecule has 1 aromatic heterocycles. The van der Waals surface area contributed by atoms with E-state index in [-0.39, 0.29) is 17.1 Å². The fourth-order valence-corrected chi connectivity index (χ4v) is 2.74. The third-order valence-electron chi connectivity index (χ3n) is 3.85. The maximum absolute atomic E-state index is 11.2. The van der Waals surface area contributed by atoms with E-state index >= 15 is 0 Å². The second kappa shape index (κ2) is 5.55. The third kappa shape index (κ3) is 2.54. The van der Waals surface area contributed by atoms with Crippen molar-refractivity contribution in [2.24, 2.45) is 0 Å². The summed E-state index contributed by atoms with van der Waals surface area (Å²) in [4.78, 5) is 20.7. The molecule has 0 aliphatic heterocycles. The number of rotatable bonds is 3.